The van der Waals surface area contributed by atoms with Crippen molar-refractivity contribution in [1.82, 2.24) is 9.80 Å². The first-order valence-corrected chi connectivity index (χ1v) is 11.4. The normalized spacial score (nSPS) is 18.7. The molecule has 2 fully saturated rings. The topological polar surface area (TPSA) is 51.1 Å². The number of hydrogen-bond acceptors (Lipinski definition) is 3. The Kier molecular flexibility index (Phi) is 6.89. The fraction of sp³-hybridized carbons (Fsp3) is 0.435. The summed E-state index contributed by atoms with van der Waals surface area (Å²) >= 11 is 3.40. The molecule has 0 bridgehead atoms. The smallest absolute Gasteiger partial charge is 0.198 e. The number of para-hydroxylation sites is 2. The van der Waals surface area contributed by atoms with Crippen molar-refractivity contribution in [3.05, 3.63) is 58.3 Å². The van der Waals surface area contributed by atoms with E-state index < -0.39 is 0 Å². The minimum Gasteiger partial charge on any atom is -0.506 e. The Balaban J connectivity index is 1.51. The Bertz CT molecular complexity index is 893. The summed E-state index contributed by atoms with van der Waals surface area (Å²) in [6.07, 6.45) is 4.79. The number of hydrogen-bond donors (Lipinski definition) is 2. The second-order valence-corrected chi connectivity index (χ2v) is 8.89. The Morgan fingerprint density at radius 2 is 1.83 bits per heavy atom. The first-order valence-electron chi connectivity index (χ1n) is 10.6. The average Bonchev–Trinajstić information content (AvgIpc) is 3.30. The van der Waals surface area contributed by atoms with Gasteiger partial charge in [-0.15, -0.1) is 0 Å². The second kappa shape index (κ2) is 9.79. The van der Waals surface area contributed by atoms with Gasteiger partial charge in [-0.25, -0.2) is 9.38 Å². The van der Waals surface area contributed by atoms with Crippen LogP contribution in [-0.2, 0) is 6.54 Å². The van der Waals surface area contributed by atoms with Gasteiger partial charge in [-0.3, -0.25) is 0 Å². The van der Waals surface area contributed by atoms with Crippen molar-refractivity contribution in [3.8, 4) is 5.75 Å². The number of piperidine rings is 1. The second-order valence-electron chi connectivity index (χ2n) is 7.98. The van der Waals surface area contributed by atoms with Gasteiger partial charge in [0.1, 0.15) is 11.6 Å². The predicted octanol–water partition coefficient (Wildman–Crippen LogP) is 4.82. The van der Waals surface area contributed by atoms with Crippen LogP contribution in [0.3, 0.4) is 0 Å². The largest absolute Gasteiger partial charge is 0.506 e. The summed E-state index contributed by atoms with van der Waals surface area (Å²) in [5.41, 5.74) is 1.14. The third-order valence-corrected chi connectivity index (χ3v) is 6.47. The monoisotopic (exact) mass is 474 g/mol. The van der Waals surface area contributed by atoms with Crippen LogP contribution < -0.4 is 5.32 Å². The summed E-state index contributed by atoms with van der Waals surface area (Å²) in [5.74, 6) is 0.582. The molecule has 0 aliphatic carbocycles. The first-order chi connectivity index (χ1) is 14.6. The molecule has 30 heavy (non-hydrogen) atoms. The maximum absolute atomic E-state index is 14.2. The molecule has 2 saturated heterocycles. The highest BCUT2D eigenvalue weighted by atomic mass is 79.9. The van der Waals surface area contributed by atoms with Gasteiger partial charge in [0.05, 0.1) is 12.2 Å². The van der Waals surface area contributed by atoms with E-state index in [1.165, 1.54) is 32.0 Å². The molecule has 7 heteroatoms. The maximum Gasteiger partial charge on any atom is 0.198 e. The summed E-state index contributed by atoms with van der Waals surface area (Å²) in [5, 5.41) is 13.5. The van der Waals surface area contributed by atoms with Crippen LogP contribution in [-0.4, -0.2) is 53.1 Å². The van der Waals surface area contributed by atoms with Crippen molar-refractivity contribution in [2.45, 2.75) is 38.3 Å². The third kappa shape index (κ3) is 5.13. The molecule has 2 aliphatic rings. The lowest BCUT2D eigenvalue weighted by Crippen LogP contribution is -2.47. The van der Waals surface area contributed by atoms with E-state index in [9.17, 15) is 9.50 Å². The lowest BCUT2D eigenvalue weighted by molar-refractivity contribution is 0.163. The standard InChI is InChI=1S/C23H28BrFN4O/c24-18-7-8-20(25)17(15-18)16-26-23(27-21-5-1-2-6-22(21)30)29-13-9-19(10-14-29)28-11-3-4-12-28/h1-2,5-8,15,19,30H,3-4,9-14,16H2,(H,26,27). The van der Waals surface area contributed by atoms with Gasteiger partial charge in [0.15, 0.2) is 5.96 Å². The molecular weight excluding hydrogens is 447 g/mol. The summed E-state index contributed by atoms with van der Waals surface area (Å²) in [4.78, 5) is 9.55. The van der Waals surface area contributed by atoms with Crippen LogP contribution in [0.2, 0.25) is 0 Å². The molecule has 0 amide bonds. The number of likely N-dealkylation sites (tertiary alicyclic amines) is 2. The molecule has 160 valence electrons. The van der Waals surface area contributed by atoms with Crippen LogP contribution in [0.15, 0.2) is 51.9 Å². The molecule has 0 aromatic heterocycles. The molecule has 2 N–H and O–H groups in total. The fourth-order valence-electron chi connectivity index (χ4n) is 4.29. The van der Waals surface area contributed by atoms with Crippen molar-refractivity contribution < 1.29 is 9.50 Å². The van der Waals surface area contributed by atoms with Crippen molar-refractivity contribution in [3.63, 3.8) is 0 Å². The van der Waals surface area contributed by atoms with Crippen LogP contribution >= 0.6 is 15.9 Å². The number of phenolic OH excluding ortho intramolecular Hbond substituents is 1. The van der Waals surface area contributed by atoms with Gasteiger partial charge in [0.2, 0.25) is 0 Å². The number of guanidine groups is 1. The van der Waals surface area contributed by atoms with Crippen LogP contribution in [0, 0.1) is 5.82 Å². The molecule has 0 saturated carbocycles. The molecule has 0 spiro atoms. The number of benzene rings is 2. The van der Waals surface area contributed by atoms with Gasteiger partial charge in [-0.2, -0.15) is 0 Å². The van der Waals surface area contributed by atoms with Crippen LogP contribution in [0.4, 0.5) is 10.1 Å². The Labute approximate surface area is 185 Å². The first kappa shape index (κ1) is 21.1. The van der Waals surface area contributed by atoms with Gasteiger partial charge in [-0.1, -0.05) is 28.1 Å². The van der Waals surface area contributed by atoms with Gasteiger partial charge >= 0.3 is 0 Å². The summed E-state index contributed by atoms with van der Waals surface area (Å²) in [6, 6.07) is 12.7. The molecule has 5 nitrogen and oxygen atoms in total. The molecule has 2 heterocycles. The highest BCUT2D eigenvalue weighted by Crippen LogP contribution is 2.25. The number of nitrogens with zero attached hydrogens (tertiary/aromatic N) is 3. The fourth-order valence-corrected chi connectivity index (χ4v) is 4.70. The van der Waals surface area contributed by atoms with E-state index in [-0.39, 0.29) is 18.1 Å². The number of phenols is 1. The van der Waals surface area contributed by atoms with Gasteiger partial charge in [-0.05, 0) is 69.1 Å². The summed E-state index contributed by atoms with van der Waals surface area (Å²) in [7, 11) is 0. The van der Waals surface area contributed by atoms with Crippen molar-refractivity contribution >= 4 is 27.6 Å². The lowest BCUT2D eigenvalue weighted by atomic mass is 10.0. The Morgan fingerprint density at radius 3 is 2.57 bits per heavy atom. The zero-order chi connectivity index (χ0) is 20.9. The zero-order valence-electron chi connectivity index (χ0n) is 17.0. The van der Waals surface area contributed by atoms with Crippen LogP contribution in [0.1, 0.15) is 31.2 Å². The molecule has 0 atom stereocenters. The quantitative estimate of drug-likeness (QED) is 0.378. The molecule has 2 aromatic rings. The van der Waals surface area contributed by atoms with Gasteiger partial charge in [0, 0.05) is 29.2 Å². The SMILES string of the molecule is Oc1ccccc1NC(=NCc1cc(Br)ccc1F)N1CCC(N2CCCC2)CC1. The van der Waals surface area contributed by atoms with Crippen molar-refractivity contribution in [1.29, 1.82) is 0 Å². The number of rotatable bonds is 4. The summed E-state index contributed by atoms with van der Waals surface area (Å²) < 4.78 is 15.0. The van der Waals surface area contributed by atoms with Gasteiger partial charge < -0.3 is 20.2 Å². The van der Waals surface area contributed by atoms with E-state index in [1.807, 2.05) is 12.1 Å². The molecular formula is C23H28BrFN4O. The highest BCUT2D eigenvalue weighted by Gasteiger charge is 2.28. The number of aromatic hydroxyl groups is 1. The third-order valence-electron chi connectivity index (χ3n) is 5.98. The number of aliphatic imine (C=N–C) groups is 1. The van der Waals surface area contributed by atoms with Gasteiger partial charge in [0.25, 0.3) is 0 Å². The predicted molar refractivity (Wildman–Crippen MR) is 122 cm³/mol. The van der Waals surface area contributed by atoms with E-state index in [0.717, 1.165) is 30.4 Å². The van der Waals surface area contributed by atoms with E-state index in [2.05, 4.69) is 31.0 Å². The number of anilines is 1. The van der Waals surface area contributed by atoms with E-state index in [4.69, 9.17) is 4.99 Å². The van der Waals surface area contributed by atoms with Crippen LogP contribution in [0.5, 0.6) is 5.75 Å². The Hall–Kier alpha value is -2.12. The van der Waals surface area contributed by atoms with Crippen molar-refractivity contribution in [2.24, 2.45) is 4.99 Å². The highest BCUT2D eigenvalue weighted by molar-refractivity contribution is 9.10. The number of halogens is 2. The van der Waals surface area contributed by atoms with E-state index in [1.54, 1.807) is 24.3 Å². The lowest BCUT2D eigenvalue weighted by Gasteiger charge is -2.38. The molecule has 0 unspecified atom stereocenters. The molecule has 2 aliphatic heterocycles. The number of nitrogens with one attached hydrogen (secondary N) is 1. The van der Waals surface area contributed by atoms with E-state index in [0.29, 0.717) is 23.3 Å². The maximum atomic E-state index is 14.2. The van der Waals surface area contributed by atoms with Crippen LogP contribution in [0.25, 0.3) is 0 Å². The Morgan fingerprint density at radius 1 is 1.10 bits per heavy atom. The van der Waals surface area contributed by atoms with E-state index >= 15 is 0 Å². The summed E-state index contributed by atoms with van der Waals surface area (Å²) in [6.45, 7) is 4.43. The zero-order valence-corrected chi connectivity index (χ0v) is 18.6. The molecule has 4 rings (SSSR count). The molecule has 2 aromatic carbocycles. The minimum atomic E-state index is -0.267. The van der Waals surface area contributed by atoms with Crippen molar-refractivity contribution in [2.75, 3.05) is 31.5 Å². The average molecular weight is 475 g/mol. The molecule has 0 radical (unpaired) electrons. The minimum absolute atomic E-state index is 0.172.